The van der Waals surface area contributed by atoms with Crippen molar-refractivity contribution in [3.63, 3.8) is 0 Å². The van der Waals surface area contributed by atoms with Crippen LogP contribution < -0.4 is 70.8 Å². The van der Waals surface area contributed by atoms with Crippen molar-refractivity contribution in [3.05, 3.63) is 35.9 Å². The third kappa shape index (κ3) is 27.2. The van der Waals surface area contributed by atoms with E-state index in [2.05, 4.69) is 52.8 Å². The van der Waals surface area contributed by atoms with E-state index in [4.69, 9.17) is 22.9 Å². The fraction of sp³-hybridized carbons (Fsp3) is 0.672. The molecule has 1 heterocycles. The molecule has 0 unspecified atom stereocenters. The molecular formula is C61H101N15O16. The third-order valence-corrected chi connectivity index (χ3v) is 15.7. The predicted octanol–water partition coefficient (Wildman–Crippen LogP) is -2.38. The molecule has 1 aromatic rings. The van der Waals surface area contributed by atoms with Gasteiger partial charge in [0, 0.05) is 19.5 Å². The Labute approximate surface area is 537 Å². The first-order valence-corrected chi connectivity index (χ1v) is 31.4. The molecular weight excluding hydrogens is 1200 g/mol. The minimum Gasteiger partial charge on any atom is -0.481 e. The molecule has 0 radical (unpaired) electrons. The molecule has 0 saturated carbocycles. The number of aliphatic imine (C=N–C) groups is 1. The van der Waals surface area contributed by atoms with Crippen molar-refractivity contribution in [3.8, 4) is 0 Å². The van der Waals surface area contributed by atoms with Gasteiger partial charge in [0.2, 0.25) is 65.0 Å². The van der Waals surface area contributed by atoms with Crippen LogP contribution in [0.15, 0.2) is 35.3 Å². The third-order valence-electron chi connectivity index (χ3n) is 15.7. The second-order valence-electron chi connectivity index (χ2n) is 24.7. The highest BCUT2D eigenvalue weighted by molar-refractivity contribution is 6.00. The number of aliphatic hydroxyl groups is 1. The summed E-state index contributed by atoms with van der Waals surface area (Å²) >= 11 is 0. The molecule has 11 amide bonds. The van der Waals surface area contributed by atoms with Gasteiger partial charge in [-0.15, -0.1) is 0 Å². The topological polar surface area (TPSA) is 511 Å². The van der Waals surface area contributed by atoms with Crippen molar-refractivity contribution in [2.75, 3.05) is 19.7 Å². The number of hydrogen-bond donors (Lipinski definition) is 16. The van der Waals surface area contributed by atoms with Gasteiger partial charge < -0.3 is 91.0 Å². The molecule has 1 fully saturated rings. The van der Waals surface area contributed by atoms with Gasteiger partial charge in [-0.05, 0) is 86.5 Å². The largest absolute Gasteiger partial charge is 0.481 e. The molecule has 20 N–H and O–H groups in total. The smallest absolute Gasteiger partial charge is 0.326 e. The molecule has 31 nitrogen and oxygen atoms in total. The molecule has 31 heteroatoms. The summed E-state index contributed by atoms with van der Waals surface area (Å²) in [6.45, 7) is 16.1. The Morgan fingerprint density at radius 1 is 0.576 bits per heavy atom. The lowest BCUT2D eigenvalue weighted by Gasteiger charge is -2.32. The molecule has 1 saturated heterocycles. The number of benzene rings is 1. The van der Waals surface area contributed by atoms with Gasteiger partial charge in [-0.2, -0.15) is 0 Å². The number of carbonyl (C=O) groups excluding carboxylic acids is 11. The van der Waals surface area contributed by atoms with E-state index in [-0.39, 0.29) is 75.8 Å². The lowest BCUT2D eigenvalue weighted by atomic mass is 9.95. The van der Waals surface area contributed by atoms with Gasteiger partial charge in [0.05, 0.1) is 19.1 Å². The van der Waals surface area contributed by atoms with Crippen LogP contribution in [0.4, 0.5) is 0 Å². The van der Waals surface area contributed by atoms with E-state index in [9.17, 15) is 77.6 Å². The quantitative estimate of drug-likeness (QED) is 0.0185. The van der Waals surface area contributed by atoms with Crippen molar-refractivity contribution in [2.45, 2.75) is 213 Å². The Hall–Kier alpha value is -8.48. The van der Waals surface area contributed by atoms with Crippen molar-refractivity contribution >= 4 is 82.9 Å². The maximum Gasteiger partial charge on any atom is 0.326 e. The first kappa shape index (κ1) is 79.6. The average molecular weight is 1300 g/mol. The number of amides is 11. The molecule has 1 aliphatic rings. The van der Waals surface area contributed by atoms with E-state index in [1.54, 1.807) is 67.5 Å². The standard InChI is InChI=1S/C61H101N15O16/c1-11-34(9)48(74-52(83)40(26-31(3)4)69-50(81)37(62)28-36-18-14-13-15-19-36)57(88)71-42(29-45(63)78)59(90)76-25-17-21-44(76)55(86)67-38(22-23-46(79)80)51(82)70-41(27-32(5)6)53(84)75-49(35(10)12-2)58(89)73-47(33(7)8)56(87)72-43(30-77)54(85)68-39(60(91)92)20-16-24-66-61(64)65/h13-15,18-19,31-35,37-44,47-49,77H,11-12,16-17,20-30,62H2,1-10H3,(H2,63,78)(H,67,86)(H,68,85)(H,69,81)(H,70,82)(H,71,88)(H,72,87)(H,73,89)(H,74,83)(H,75,84)(H,79,80)(H,91,92)(H4,64,65,66)/t34-,35-,37-,38-,39-,40-,41-,42-,43-,44-,47-,48-,49-/m0/s1. The van der Waals surface area contributed by atoms with Gasteiger partial charge in [-0.1, -0.05) is 112 Å². The summed E-state index contributed by atoms with van der Waals surface area (Å²) in [5.41, 5.74) is 23.3. The van der Waals surface area contributed by atoms with Crippen LogP contribution >= 0.6 is 0 Å². The Morgan fingerprint density at radius 2 is 1.04 bits per heavy atom. The average Bonchev–Trinajstić information content (AvgIpc) is 1.68. The molecule has 2 rings (SSSR count). The minimum atomic E-state index is -1.67. The number of aliphatic hydroxyl groups excluding tert-OH is 1. The zero-order valence-electron chi connectivity index (χ0n) is 54.6. The van der Waals surface area contributed by atoms with Gasteiger partial charge in [-0.3, -0.25) is 62.5 Å². The number of hydrogen-bond acceptors (Lipinski definition) is 16. The Morgan fingerprint density at radius 3 is 1.52 bits per heavy atom. The highest BCUT2D eigenvalue weighted by Gasteiger charge is 2.42. The van der Waals surface area contributed by atoms with Crippen LogP contribution in [0, 0.1) is 29.6 Å². The predicted molar refractivity (Wildman–Crippen MR) is 338 cm³/mol. The van der Waals surface area contributed by atoms with E-state index >= 15 is 0 Å². The number of guanidine groups is 1. The van der Waals surface area contributed by atoms with Gasteiger partial charge in [0.1, 0.15) is 60.4 Å². The number of nitrogens with one attached hydrogen (secondary N) is 9. The van der Waals surface area contributed by atoms with Crippen LogP contribution in [0.3, 0.4) is 0 Å². The lowest BCUT2D eigenvalue weighted by molar-refractivity contribution is -0.144. The number of primary amides is 1. The number of nitrogens with zero attached hydrogens (tertiary/aromatic N) is 2. The molecule has 1 aromatic carbocycles. The van der Waals surface area contributed by atoms with Gasteiger partial charge in [0.25, 0.3) is 0 Å². The van der Waals surface area contributed by atoms with Crippen LogP contribution in [-0.4, -0.2) is 189 Å². The summed E-state index contributed by atoms with van der Waals surface area (Å²) in [7, 11) is 0. The fourth-order valence-corrected chi connectivity index (χ4v) is 10.1. The second-order valence-corrected chi connectivity index (χ2v) is 24.7. The van der Waals surface area contributed by atoms with Gasteiger partial charge >= 0.3 is 11.9 Å². The van der Waals surface area contributed by atoms with E-state index < -0.39 is 187 Å². The molecule has 0 aliphatic carbocycles. The fourth-order valence-electron chi connectivity index (χ4n) is 10.1. The first-order chi connectivity index (χ1) is 43.1. The summed E-state index contributed by atoms with van der Waals surface area (Å²) < 4.78 is 0. The molecule has 516 valence electrons. The minimum absolute atomic E-state index is 0.0105. The summed E-state index contributed by atoms with van der Waals surface area (Å²) in [6, 6.07) is -6.38. The van der Waals surface area contributed by atoms with E-state index in [0.717, 1.165) is 10.5 Å². The van der Waals surface area contributed by atoms with Gasteiger partial charge in [0.15, 0.2) is 5.96 Å². The molecule has 1 aliphatic heterocycles. The first-order valence-electron chi connectivity index (χ1n) is 31.4. The van der Waals surface area contributed by atoms with Crippen LogP contribution in [0.25, 0.3) is 0 Å². The van der Waals surface area contributed by atoms with Gasteiger partial charge in [-0.25, -0.2) is 4.79 Å². The highest BCUT2D eigenvalue weighted by atomic mass is 16.4. The van der Waals surface area contributed by atoms with Crippen LogP contribution in [0.2, 0.25) is 0 Å². The number of carbonyl (C=O) groups is 13. The summed E-state index contributed by atoms with van der Waals surface area (Å²) in [4.78, 5) is 182. The highest BCUT2D eigenvalue weighted by Crippen LogP contribution is 2.22. The number of nitrogens with two attached hydrogens (primary N) is 4. The second kappa shape index (κ2) is 39.7. The van der Waals surface area contributed by atoms with Crippen molar-refractivity contribution in [1.29, 1.82) is 0 Å². The number of likely N-dealkylation sites (tertiary alicyclic amines) is 1. The number of carboxylic acid groups (broad SMARTS) is 2. The number of aliphatic carboxylic acids is 2. The SMILES string of the molecule is CC[C@H](C)[C@H](NC(=O)[C@H](CC(C)C)NC(=O)[C@@H](N)Cc1ccccc1)C(=O)N[C@@H](CC(N)=O)C(=O)N1CCC[C@H]1C(=O)N[C@@H](CCC(=O)O)C(=O)N[C@@H](CC(C)C)C(=O)N[C@H](C(=O)N[C@H](C(=O)N[C@@H](CO)C(=O)N[C@@H](CCCN=C(N)N)C(=O)O)C(C)C)[C@@H](C)CC. The number of carboxylic acids is 2. The summed E-state index contributed by atoms with van der Waals surface area (Å²) in [5.74, 6) is -15.0. The van der Waals surface area contributed by atoms with Crippen LogP contribution in [0.1, 0.15) is 145 Å². The van der Waals surface area contributed by atoms with E-state index in [1.165, 1.54) is 0 Å². The lowest BCUT2D eigenvalue weighted by Crippen LogP contribution is -2.62. The van der Waals surface area contributed by atoms with Crippen LogP contribution in [0.5, 0.6) is 0 Å². The zero-order chi connectivity index (χ0) is 69.7. The van der Waals surface area contributed by atoms with Crippen molar-refractivity contribution < 1.29 is 77.6 Å². The molecule has 0 aromatic heterocycles. The Kier molecular flexibility index (Phi) is 34.4. The summed E-state index contributed by atoms with van der Waals surface area (Å²) in [5, 5.41) is 52.5. The Bertz CT molecular complexity index is 2710. The van der Waals surface area contributed by atoms with E-state index in [1.807, 2.05) is 32.0 Å². The molecule has 0 bridgehead atoms. The zero-order valence-corrected chi connectivity index (χ0v) is 54.6. The van der Waals surface area contributed by atoms with Crippen molar-refractivity contribution in [2.24, 2.45) is 57.5 Å². The molecule has 92 heavy (non-hydrogen) atoms. The molecule has 0 spiro atoms. The maximum absolute atomic E-state index is 14.5. The maximum atomic E-state index is 14.5. The number of rotatable bonds is 41. The Balaban J connectivity index is 2.38. The molecule has 13 atom stereocenters. The van der Waals surface area contributed by atoms with E-state index in [0.29, 0.717) is 12.8 Å². The van der Waals surface area contributed by atoms with Crippen LogP contribution in [-0.2, 0) is 68.7 Å². The monoisotopic (exact) mass is 1300 g/mol. The summed E-state index contributed by atoms with van der Waals surface area (Å²) in [6.07, 6.45) is -0.694. The van der Waals surface area contributed by atoms with Crippen molar-refractivity contribution in [1.82, 2.24) is 52.8 Å². The normalized spacial score (nSPS) is 16.9.